The van der Waals surface area contributed by atoms with Crippen molar-refractivity contribution in [3.05, 3.63) is 95.7 Å². The Morgan fingerprint density at radius 1 is 0.850 bits per heavy atom. The van der Waals surface area contributed by atoms with Gasteiger partial charge in [-0.05, 0) is 66.8 Å². The Balaban J connectivity index is 1.62. The Morgan fingerprint density at radius 3 is 2.10 bits per heavy atom. The minimum absolute atomic E-state index is 0.0979. The van der Waals surface area contributed by atoms with Gasteiger partial charge in [-0.1, -0.05) is 42.5 Å². The lowest BCUT2D eigenvalue weighted by Crippen LogP contribution is -2.16. The molecule has 0 bridgehead atoms. The molecule has 1 atom stereocenters. The zero-order valence-corrected chi connectivity index (χ0v) is 21.7. The van der Waals surface area contributed by atoms with Crippen LogP contribution in [-0.2, 0) is 11.0 Å². The van der Waals surface area contributed by atoms with Gasteiger partial charge in [-0.25, -0.2) is 8.78 Å². The molecule has 1 heterocycles. The van der Waals surface area contributed by atoms with Crippen LogP contribution in [0, 0.1) is 0 Å². The van der Waals surface area contributed by atoms with E-state index in [0.29, 0.717) is 11.1 Å². The molecule has 9 heteroatoms. The molecule has 0 aliphatic heterocycles. The van der Waals surface area contributed by atoms with Crippen LogP contribution >= 0.6 is 0 Å². The van der Waals surface area contributed by atoms with E-state index in [1.54, 1.807) is 36.5 Å². The topological polar surface area (TPSA) is 59.3 Å². The number of carboxylic acid groups (broad SMARTS) is 1. The normalized spacial score (nSPS) is 12.9. The van der Waals surface area contributed by atoms with E-state index < -0.39 is 29.7 Å². The number of rotatable bonds is 11. The Kier molecular flexibility index (Phi) is 8.42. The second-order valence-corrected chi connectivity index (χ2v) is 9.99. The third kappa shape index (κ3) is 7.14. The standard InChI is InChI=1S/C31H28F5NO3/c1-30(32,33)17-15-27(21-5-7-22(8-6-21)28(38)3-2-4-29(39)40)37-18-16-24-19-23(11-14-26(24)37)20-9-12-25(13-10-20)31(34,35)36/h5-14,16,18-19,27H,2-4,15,17H2,1H3,(H,39,40). The molecule has 0 aliphatic carbocycles. The summed E-state index contributed by atoms with van der Waals surface area (Å²) in [5, 5.41) is 9.57. The van der Waals surface area contributed by atoms with Crippen molar-refractivity contribution in [3.63, 3.8) is 0 Å². The van der Waals surface area contributed by atoms with Crippen molar-refractivity contribution in [2.24, 2.45) is 0 Å². The summed E-state index contributed by atoms with van der Waals surface area (Å²) in [5.74, 6) is -4.03. The summed E-state index contributed by atoms with van der Waals surface area (Å²) >= 11 is 0. The highest BCUT2D eigenvalue weighted by molar-refractivity contribution is 5.96. The summed E-state index contributed by atoms with van der Waals surface area (Å²) in [4.78, 5) is 23.1. The Bertz CT molecular complexity index is 1480. The van der Waals surface area contributed by atoms with Crippen molar-refractivity contribution >= 4 is 22.7 Å². The summed E-state index contributed by atoms with van der Waals surface area (Å²) in [6.07, 6.45) is -2.63. The van der Waals surface area contributed by atoms with Crippen molar-refractivity contribution in [2.75, 3.05) is 0 Å². The van der Waals surface area contributed by atoms with Crippen molar-refractivity contribution in [2.45, 2.75) is 57.2 Å². The van der Waals surface area contributed by atoms with Crippen LogP contribution in [0.5, 0.6) is 0 Å². The number of hydrogen-bond acceptors (Lipinski definition) is 2. The van der Waals surface area contributed by atoms with E-state index in [2.05, 4.69) is 0 Å². The molecule has 4 aromatic rings. The second-order valence-electron chi connectivity index (χ2n) is 9.99. The SMILES string of the molecule is CC(F)(F)CCC(c1ccc(C(=O)CCCC(=O)O)cc1)n1ccc2cc(-c3ccc(C(F)(F)F)cc3)ccc21. The number of alkyl halides is 5. The average molecular weight is 558 g/mol. The number of carbonyl (C=O) groups excluding carboxylic acids is 1. The molecule has 0 amide bonds. The van der Waals surface area contributed by atoms with Gasteiger partial charge < -0.3 is 9.67 Å². The minimum atomic E-state index is -4.42. The van der Waals surface area contributed by atoms with Gasteiger partial charge in [-0.3, -0.25) is 9.59 Å². The molecule has 1 unspecified atom stereocenters. The number of benzene rings is 3. The average Bonchev–Trinajstić information content (AvgIpc) is 3.31. The van der Waals surface area contributed by atoms with Gasteiger partial charge in [0.1, 0.15) is 0 Å². The van der Waals surface area contributed by atoms with Crippen molar-refractivity contribution in [1.29, 1.82) is 0 Å². The molecule has 1 N–H and O–H groups in total. The first-order valence-corrected chi connectivity index (χ1v) is 12.8. The molecular weight excluding hydrogens is 529 g/mol. The van der Waals surface area contributed by atoms with Gasteiger partial charge in [0.15, 0.2) is 5.78 Å². The third-order valence-corrected chi connectivity index (χ3v) is 6.87. The summed E-state index contributed by atoms with van der Waals surface area (Å²) in [5.41, 5.74) is 2.54. The highest BCUT2D eigenvalue weighted by Gasteiger charge is 2.30. The number of ketones is 1. The first-order valence-electron chi connectivity index (χ1n) is 12.8. The highest BCUT2D eigenvalue weighted by Crippen LogP contribution is 2.35. The van der Waals surface area contributed by atoms with Gasteiger partial charge in [0, 0.05) is 41.9 Å². The molecule has 210 valence electrons. The molecule has 0 saturated heterocycles. The lowest BCUT2D eigenvalue weighted by atomic mass is 9.96. The fourth-order valence-electron chi connectivity index (χ4n) is 4.76. The number of aromatic nitrogens is 1. The summed E-state index contributed by atoms with van der Waals surface area (Å²) in [6.45, 7) is 0.868. The molecule has 0 aliphatic rings. The van der Waals surface area contributed by atoms with Crippen LogP contribution in [0.2, 0.25) is 0 Å². The molecule has 1 aromatic heterocycles. The number of aliphatic carboxylic acids is 1. The Labute approximate surface area is 228 Å². The van der Waals surface area contributed by atoms with Crippen LogP contribution in [0.4, 0.5) is 22.0 Å². The predicted molar refractivity (Wildman–Crippen MR) is 143 cm³/mol. The molecular formula is C31H28F5NO3. The Hall–Kier alpha value is -4.01. The monoisotopic (exact) mass is 557 g/mol. The number of nitrogens with zero attached hydrogens (tertiary/aromatic N) is 1. The molecule has 0 radical (unpaired) electrons. The van der Waals surface area contributed by atoms with Crippen LogP contribution in [0.15, 0.2) is 79.0 Å². The molecule has 3 aromatic carbocycles. The van der Waals surface area contributed by atoms with Crippen LogP contribution in [0.25, 0.3) is 22.0 Å². The third-order valence-electron chi connectivity index (χ3n) is 6.87. The first kappa shape index (κ1) is 29.0. The molecule has 4 rings (SSSR count). The van der Waals surface area contributed by atoms with E-state index >= 15 is 0 Å². The molecule has 4 nitrogen and oxygen atoms in total. The van der Waals surface area contributed by atoms with Gasteiger partial charge >= 0.3 is 12.1 Å². The molecule has 40 heavy (non-hydrogen) atoms. The summed E-state index contributed by atoms with van der Waals surface area (Å²) < 4.78 is 68.5. The quantitative estimate of drug-likeness (QED) is 0.148. The maximum Gasteiger partial charge on any atom is 0.416 e. The predicted octanol–water partition coefficient (Wildman–Crippen LogP) is 8.79. The zero-order valence-electron chi connectivity index (χ0n) is 21.7. The summed E-state index contributed by atoms with van der Waals surface area (Å²) in [7, 11) is 0. The lowest BCUT2D eigenvalue weighted by Gasteiger charge is -2.23. The van der Waals surface area contributed by atoms with Crippen LogP contribution in [0.3, 0.4) is 0 Å². The van der Waals surface area contributed by atoms with Crippen molar-refractivity contribution < 1.29 is 36.6 Å². The molecule has 0 saturated carbocycles. The minimum Gasteiger partial charge on any atom is -0.481 e. The van der Waals surface area contributed by atoms with Gasteiger partial charge in [-0.15, -0.1) is 0 Å². The maximum atomic E-state index is 13.9. The van der Waals surface area contributed by atoms with E-state index in [0.717, 1.165) is 41.1 Å². The van der Waals surface area contributed by atoms with E-state index in [4.69, 9.17) is 5.11 Å². The number of fused-ring (bicyclic) bond motifs is 1. The fourth-order valence-corrected chi connectivity index (χ4v) is 4.76. The van der Waals surface area contributed by atoms with E-state index in [1.165, 1.54) is 12.1 Å². The molecule has 0 spiro atoms. The number of carboxylic acids is 1. The highest BCUT2D eigenvalue weighted by atomic mass is 19.4. The first-order chi connectivity index (χ1) is 18.8. The second kappa shape index (κ2) is 11.6. The Morgan fingerprint density at radius 2 is 1.50 bits per heavy atom. The largest absolute Gasteiger partial charge is 0.481 e. The maximum absolute atomic E-state index is 13.9. The van der Waals surface area contributed by atoms with Crippen LogP contribution in [-0.4, -0.2) is 27.3 Å². The molecule has 0 fully saturated rings. The van der Waals surface area contributed by atoms with E-state index in [-0.39, 0.29) is 37.9 Å². The fraction of sp³-hybridized carbons (Fsp3) is 0.290. The lowest BCUT2D eigenvalue weighted by molar-refractivity contribution is -0.138. The number of halogens is 5. The zero-order chi connectivity index (χ0) is 29.1. The van der Waals surface area contributed by atoms with Gasteiger partial charge in [0.2, 0.25) is 5.92 Å². The van der Waals surface area contributed by atoms with Crippen LogP contribution < -0.4 is 0 Å². The number of hydrogen-bond donors (Lipinski definition) is 1. The van der Waals surface area contributed by atoms with Crippen LogP contribution in [0.1, 0.15) is 66.6 Å². The smallest absolute Gasteiger partial charge is 0.416 e. The van der Waals surface area contributed by atoms with Gasteiger partial charge in [-0.2, -0.15) is 13.2 Å². The number of carbonyl (C=O) groups is 2. The van der Waals surface area contributed by atoms with Gasteiger partial charge in [0.05, 0.1) is 11.6 Å². The summed E-state index contributed by atoms with van der Waals surface area (Å²) in [6, 6.07) is 18.4. The van der Waals surface area contributed by atoms with Crippen molar-refractivity contribution in [1.82, 2.24) is 4.57 Å². The van der Waals surface area contributed by atoms with Crippen molar-refractivity contribution in [3.8, 4) is 11.1 Å². The van der Waals surface area contributed by atoms with Gasteiger partial charge in [0.25, 0.3) is 0 Å². The van der Waals surface area contributed by atoms with E-state index in [1.807, 2.05) is 22.8 Å². The van der Waals surface area contributed by atoms with E-state index in [9.17, 15) is 31.5 Å². The number of Topliss-reactive ketones (excluding diaryl/α,β-unsaturated/α-hetero) is 1.